The lowest BCUT2D eigenvalue weighted by molar-refractivity contribution is 0.542. The van der Waals surface area contributed by atoms with Crippen LogP contribution >= 0.6 is 0 Å². The molecule has 2 aliphatic carbocycles. The van der Waals surface area contributed by atoms with Gasteiger partial charge in [0.15, 0.2) is 0 Å². The van der Waals surface area contributed by atoms with E-state index in [0.29, 0.717) is 0 Å². The number of anilines is 3. The van der Waals surface area contributed by atoms with Crippen molar-refractivity contribution in [2.24, 2.45) is 0 Å². The van der Waals surface area contributed by atoms with Gasteiger partial charge in [0.25, 0.3) is 0 Å². The van der Waals surface area contributed by atoms with Crippen molar-refractivity contribution in [2.45, 2.75) is 24.2 Å². The van der Waals surface area contributed by atoms with Crippen LogP contribution in [0.4, 0.5) is 17.1 Å². The average molecular weight is 730 g/mol. The summed E-state index contributed by atoms with van der Waals surface area (Å²) in [6.45, 7) is 2.45. The first-order valence-electron chi connectivity index (χ1n) is 20.0. The Hall–Kier alpha value is -6.96. The van der Waals surface area contributed by atoms with E-state index in [1.165, 1.54) is 61.2 Å². The van der Waals surface area contributed by atoms with Gasteiger partial charge in [-0.1, -0.05) is 201 Å². The molecule has 0 saturated carbocycles. The van der Waals surface area contributed by atoms with Gasteiger partial charge in [0.1, 0.15) is 0 Å². The maximum Gasteiger partial charge on any atom is 0.0676 e. The molecule has 1 nitrogen and oxygen atoms in total. The van der Waals surface area contributed by atoms with E-state index in [9.17, 15) is 0 Å². The second-order valence-corrected chi connectivity index (χ2v) is 15.5. The van der Waals surface area contributed by atoms with Crippen LogP contribution in [0.15, 0.2) is 236 Å². The van der Waals surface area contributed by atoms with E-state index >= 15 is 0 Å². The van der Waals surface area contributed by atoms with Crippen LogP contribution in [0.5, 0.6) is 0 Å². The third-order valence-electron chi connectivity index (χ3n) is 12.3. The number of fused-ring (bicyclic) bond motifs is 3. The molecular weight excluding hydrogens is 687 g/mol. The molecule has 0 bridgehead atoms. The fourth-order valence-electron chi connectivity index (χ4n) is 9.49. The number of allylic oxidation sites excluding steroid dienone is 4. The van der Waals surface area contributed by atoms with Crippen LogP contribution in [-0.2, 0) is 10.8 Å². The van der Waals surface area contributed by atoms with Gasteiger partial charge in [-0.25, -0.2) is 0 Å². The smallest absolute Gasteiger partial charge is 0.0676 e. The van der Waals surface area contributed by atoms with Gasteiger partial charge in [0, 0.05) is 22.5 Å². The van der Waals surface area contributed by atoms with Crippen LogP contribution in [0, 0.1) is 0 Å². The molecule has 0 aliphatic heterocycles. The fraction of sp³-hybridized carbons (Fsp3) is 0.0714. The number of rotatable bonds is 8. The van der Waals surface area contributed by atoms with E-state index in [-0.39, 0.29) is 5.41 Å². The second kappa shape index (κ2) is 14.3. The van der Waals surface area contributed by atoms with Crippen molar-refractivity contribution >= 4 is 22.6 Å². The Balaban J connectivity index is 1.06. The van der Waals surface area contributed by atoms with E-state index in [2.05, 4.69) is 242 Å². The van der Waals surface area contributed by atoms with Crippen LogP contribution < -0.4 is 4.90 Å². The molecule has 0 saturated heterocycles. The van der Waals surface area contributed by atoms with Gasteiger partial charge in [-0.3, -0.25) is 0 Å². The van der Waals surface area contributed by atoms with Gasteiger partial charge in [-0.05, 0) is 104 Å². The van der Waals surface area contributed by atoms with E-state index in [1.54, 1.807) is 0 Å². The zero-order chi connectivity index (χ0) is 38.2. The Labute approximate surface area is 336 Å². The number of nitrogens with zero attached hydrogens (tertiary/aromatic N) is 1. The molecule has 0 fully saturated rings. The highest BCUT2D eigenvalue weighted by molar-refractivity contribution is 5.85. The van der Waals surface area contributed by atoms with Gasteiger partial charge in [0.2, 0.25) is 0 Å². The van der Waals surface area contributed by atoms with Crippen molar-refractivity contribution in [3.05, 3.63) is 264 Å². The molecule has 1 atom stereocenters. The molecular formula is C56H43N. The number of benzene rings is 8. The van der Waals surface area contributed by atoms with Crippen molar-refractivity contribution in [3.63, 3.8) is 0 Å². The average Bonchev–Trinajstić information content (AvgIpc) is 3.53. The zero-order valence-corrected chi connectivity index (χ0v) is 32.1. The third-order valence-corrected chi connectivity index (χ3v) is 12.3. The van der Waals surface area contributed by atoms with Crippen molar-refractivity contribution in [3.8, 4) is 22.3 Å². The van der Waals surface area contributed by atoms with Gasteiger partial charge in [-0.15, -0.1) is 0 Å². The van der Waals surface area contributed by atoms with E-state index < -0.39 is 5.41 Å². The lowest BCUT2D eigenvalue weighted by Gasteiger charge is -2.40. The zero-order valence-electron chi connectivity index (χ0n) is 32.1. The molecule has 0 aromatic heterocycles. The quantitative estimate of drug-likeness (QED) is 0.151. The van der Waals surface area contributed by atoms with Crippen LogP contribution in [0.1, 0.15) is 41.2 Å². The summed E-state index contributed by atoms with van der Waals surface area (Å²) in [7, 11) is 0. The van der Waals surface area contributed by atoms with Crippen LogP contribution in [0.2, 0.25) is 0 Å². The van der Waals surface area contributed by atoms with Gasteiger partial charge >= 0.3 is 0 Å². The van der Waals surface area contributed by atoms with Crippen LogP contribution in [0.25, 0.3) is 27.8 Å². The van der Waals surface area contributed by atoms with Gasteiger partial charge in [-0.2, -0.15) is 0 Å². The lowest BCUT2D eigenvalue weighted by Crippen LogP contribution is -2.34. The Morgan fingerprint density at radius 1 is 0.368 bits per heavy atom. The summed E-state index contributed by atoms with van der Waals surface area (Å²) in [5.41, 5.74) is 17.0. The first kappa shape index (κ1) is 34.5. The molecule has 1 unspecified atom stereocenters. The minimum absolute atomic E-state index is 0.139. The maximum atomic E-state index is 2.51. The molecule has 8 aromatic rings. The molecule has 272 valence electrons. The summed E-state index contributed by atoms with van der Waals surface area (Å²) >= 11 is 0. The molecule has 0 heterocycles. The fourth-order valence-corrected chi connectivity index (χ4v) is 9.49. The third kappa shape index (κ3) is 5.86. The molecule has 0 N–H and O–H groups in total. The molecule has 0 radical (unpaired) electrons. The first-order valence-corrected chi connectivity index (χ1v) is 20.0. The molecule has 0 amide bonds. The standard InChI is InChI=1S/C56H43N/c1-55-39-38-46(40-54(55)56(47-20-10-4-11-21-47,48-22-12-5-13-23-48)53-25-15-14-24-52(53)55)45-30-36-51(37-31-45)57(49-32-26-43(27-33-49)41-16-6-2-7-17-41)50-34-28-44(29-35-50)42-18-8-3-9-19-42/h2-38,40H,39H2,1H3. The first-order chi connectivity index (χ1) is 28.1. The summed E-state index contributed by atoms with van der Waals surface area (Å²) in [5, 5.41) is 0. The summed E-state index contributed by atoms with van der Waals surface area (Å²) in [6, 6.07) is 79.6. The molecule has 57 heavy (non-hydrogen) atoms. The normalized spacial score (nSPS) is 16.5. The molecule has 2 aliphatic rings. The minimum Gasteiger partial charge on any atom is -0.311 e. The number of hydrogen-bond donors (Lipinski definition) is 0. The lowest BCUT2D eigenvalue weighted by atomic mass is 9.62. The summed E-state index contributed by atoms with van der Waals surface area (Å²) in [6.07, 6.45) is 5.91. The van der Waals surface area contributed by atoms with Crippen molar-refractivity contribution in [2.75, 3.05) is 4.90 Å². The Kier molecular flexibility index (Phi) is 8.65. The van der Waals surface area contributed by atoms with Crippen LogP contribution in [-0.4, -0.2) is 0 Å². The monoisotopic (exact) mass is 729 g/mol. The minimum atomic E-state index is -0.401. The SMILES string of the molecule is CC12CC=C(c3ccc(N(c4ccc(-c5ccccc5)cc4)c4ccc(-c5ccccc5)cc4)cc3)C=C1C(c1ccccc1)(c1ccccc1)c1ccccc12. The largest absolute Gasteiger partial charge is 0.311 e. The molecule has 0 spiro atoms. The van der Waals surface area contributed by atoms with Crippen molar-refractivity contribution in [1.29, 1.82) is 0 Å². The van der Waals surface area contributed by atoms with E-state index in [1.807, 2.05) is 0 Å². The van der Waals surface area contributed by atoms with E-state index in [4.69, 9.17) is 0 Å². The van der Waals surface area contributed by atoms with Crippen molar-refractivity contribution < 1.29 is 0 Å². The molecule has 1 heteroatoms. The highest BCUT2D eigenvalue weighted by Crippen LogP contribution is 2.63. The highest BCUT2D eigenvalue weighted by Gasteiger charge is 2.56. The Bertz CT molecular complexity index is 2590. The van der Waals surface area contributed by atoms with Gasteiger partial charge in [0.05, 0.1) is 5.41 Å². The predicted octanol–water partition coefficient (Wildman–Crippen LogP) is 14.5. The summed E-state index contributed by atoms with van der Waals surface area (Å²) in [4.78, 5) is 2.36. The molecule has 8 aromatic carbocycles. The summed E-state index contributed by atoms with van der Waals surface area (Å²) in [5.74, 6) is 0. The summed E-state index contributed by atoms with van der Waals surface area (Å²) < 4.78 is 0. The Morgan fingerprint density at radius 2 is 0.737 bits per heavy atom. The van der Waals surface area contributed by atoms with Gasteiger partial charge < -0.3 is 4.90 Å². The Morgan fingerprint density at radius 3 is 1.19 bits per heavy atom. The topological polar surface area (TPSA) is 3.24 Å². The van der Waals surface area contributed by atoms with Crippen LogP contribution in [0.3, 0.4) is 0 Å². The molecule has 10 rings (SSSR count). The predicted molar refractivity (Wildman–Crippen MR) is 239 cm³/mol. The van der Waals surface area contributed by atoms with E-state index in [0.717, 1.165) is 23.5 Å². The number of hydrogen-bond acceptors (Lipinski definition) is 1. The highest BCUT2D eigenvalue weighted by atomic mass is 15.1. The van der Waals surface area contributed by atoms with Crippen molar-refractivity contribution in [1.82, 2.24) is 0 Å². The second-order valence-electron chi connectivity index (χ2n) is 15.5. The maximum absolute atomic E-state index is 2.51.